The van der Waals surface area contributed by atoms with Crippen molar-refractivity contribution in [2.45, 2.75) is 12.5 Å². The van der Waals surface area contributed by atoms with E-state index in [9.17, 15) is 14.7 Å². The highest BCUT2D eigenvalue weighted by molar-refractivity contribution is 5.92. The van der Waals surface area contributed by atoms with Crippen LogP contribution in [0.25, 0.3) is 0 Å². The summed E-state index contributed by atoms with van der Waals surface area (Å²) >= 11 is 0. The van der Waals surface area contributed by atoms with Crippen LogP contribution in [0.3, 0.4) is 0 Å². The van der Waals surface area contributed by atoms with E-state index in [4.69, 9.17) is 4.42 Å². The van der Waals surface area contributed by atoms with E-state index in [2.05, 4.69) is 0 Å². The van der Waals surface area contributed by atoms with E-state index >= 15 is 0 Å². The number of aliphatic carboxylic acids is 1. The summed E-state index contributed by atoms with van der Waals surface area (Å²) in [4.78, 5) is 25.2. The maximum absolute atomic E-state index is 12.3. The Hall–Kier alpha value is -2.56. The van der Waals surface area contributed by atoms with E-state index < -0.39 is 11.9 Å². The molecule has 20 heavy (non-hydrogen) atoms. The highest BCUT2D eigenvalue weighted by atomic mass is 16.4. The van der Waals surface area contributed by atoms with Gasteiger partial charge in [0.2, 0.25) is 0 Å². The molecule has 0 aliphatic carbocycles. The second-order valence-corrected chi connectivity index (χ2v) is 4.75. The average molecular weight is 271 g/mol. The van der Waals surface area contributed by atoms with Gasteiger partial charge in [0, 0.05) is 13.1 Å². The summed E-state index contributed by atoms with van der Waals surface area (Å²) in [5.74, 6) is -1.67. The van der Waals surface area contributed by atoms with E-state index in [-0.39, 0.29) is 18.2 Å². The zero-order chi connectivity index (χ0) is 14.1. The van der Waals surface area contributed by atoms with Crippen molar-refractivity contribution in [3.05, 3.63) is 59.5 Å². The number of hydrogen-bond donors (Lipinski definition) is 1. The smallest absolute Gasteiger partial charge is 0.312 e. The number of carboxylic acid groups (broad SMARTS) is 1. The van der Waals surface area contributed by atoms with Gasteiger partial charge in [-0.05, 0) is 23.3 Å². The molecule has 1 aliphatic heterocycles. The maximum atomic E-state index is 12.3. The topological polar surface area (TPSA) is 70.8 Å². The SMILES string of the molecule is O=C(O)C1CN(C(=O)c2ccco2)Cc2ccccc21. The molecule has 102 valence electrons. The van der Waals surface area contributed by atoms with Crippen molar-refractivity contribution in [1.29, 1.82) is 0 Å². The van der Waals surface area contributed by atoms with Crippen LogP contribution in [0.4, 0.5) is 0 Å². The lowest BCUT2D eigenvalue weighted by Crippen LogP contribution is -2.40. The van der Waals surface area contributed by atoms with Crippen molar-refractivity contribution in [2.24, 2.45) is 0 Å². The van der Waals surface area contributed by atoms with Crippen molar-refractivity contribution in [3.8, 4) is 0 Å². The number of hydrogen-bond acceptors (Lipinski definition) is 3. The number of fused-ring (bicyclic) bond motifs is 1. The standard InChI is InChI=1S/C15H13NO4/c17-14(13-6-3-7-20-13)16-8-10-4-1-2-5-11(10)12(9-16)15(18)19/h1-7,12H,8-9H2,(H,18,19). The van der Waals surface area contributed by atoms with Crippen LogP contribution in [0.1, 0.15) is 27.6 Å². The molecule has 1 unspecified atom stereocenters. The van der Waals surface area contributed by atoms with E-state index in [1.807, 2.05) is 24.3 Å². The number of furan rings is 1. The maximum Gasteiger partial charge on any atom is 0.312 e. The number of nitrogens with zero attached hydrogens (tertiary/aromatic N) is 1. The molecule has 2 heterocycles. The Bertz CT molecular complexity index is 648. The van der Waals surface area contributed by atoms with Crippen LogP contribution in [0.2, 0.25) is 0 Å². The third-order valence-electron chi connectivity index (χ3n) is 3.51. The van der Waals surface area contributed by atoms with E-state index in [0.29, 0.717) is 6.54 Å². The van der Waals surface area contributed by atoms with Gasteiger partial charge in [-0.3, -0.25) is 9.59 Å². The lowest BCUT2D eigenvalue weighted by molar-refractivity contribution is -0.139. The van der Waals surface area contributed by atoms with Gasteiger partial charge in [0.1, 0.15) is 0 Å². The Morgan fingerprint density at radius 3 is 2.70 bits per heavy atom. The second kappa shape index (κ2) is 4.85. The molecule has 5 heteroatoms. The summed E-state index contributed by atoms with van der Waals surface area (Å²) in [5.41, 5.74) is 1.65. The molecule has 0 radical (unpaired) electrons. The number of rotatable bonds is 2. The minimum absolute atomic E-state index is 0.159. The molecule has 1 N–H and O–H groups in total. The number of benzene rings is 1. The first-order chi connectivity index (χ1) is 9.66. The van der Waals surface area contributed by atoms with Gasteiger partial charge in [0.05, 0.1) is 12.2 Å². The summed E-state index contributed by atoms with van der Waals surface area (Å²) in [5, 5.41) is 9.35. The quantitative estimate of drug-likeness (QED) is 0.908. The van der Waals surface area contributed by atoms with Gasteiger partial charge in [0.25, 0.3) is 5.91 Å². The zero-order valence-corrected chi connectivity index (χ0v) is 10.7. The minimum Gasteiger partial charge on any atom is -0.481 e. The molecule has 1 aliphatic rings. The van der Waals surface area contributed by atoms with Gasteiger partial charge in [-0.1, -0.05) is 24.3 Å². The molecule has 1 aromatic heterocycles. The molecule has 1 atom stereocenters. The number of carbonyl (C=O) groups excluding carboxylic acids is 1. The Balaban J connectivity index is 1.94. The molecule has 1 aromatic carbocycles. The lowest BCUT2D eigenvalue weighted by Gasteiger charge is -2.32. The highest BCUT2D eigenvalue weighted by Gasteiger charge is 2.33. The van der Waals surface area contributed by atoms with Crippen molar-refractivity contribution in [1.82, 2.24) is 4.90 Å². The fourth-order valence-corrected chi connectivity index (χ4v) is 2.53. The predicted octanol–water partition coefficient (Wildman–Crippen LogP) is 2.10. The van der Waals surface area contributed by atoms with Crippen LogP contribution in [0.15, 0.2) is 47.1 Å². The first kappa shape index (κ1) is 12.5. The van der Waals surface area contributed by atoms with Crippen LogP contribution in [0.5, 0.6) is 0 Å². The van der Waals surface area contributed by atoms with Crippen LogP contribution < -0.4 is 0 Å². The summed E-state index contributed by atoms with van der Waals surface area (Å²) in [6.45, 7) is 0.561. The number of carbonyl (C=O) groups is 2. The van der Waals surface area contributed by atoms with Gasteiger partial charge < -0.3 is 14.4 Å². The summed E-state index contributed by atoms with van der Waals surface area (Å²) in [6.07, 6.45) is 1.43. The number of carboxylic acids is 1. The Morgan fingerprint density at radius 2 is 2.00 bits per heavy atom. The second-order valence-electron chi connectivity index (χ2n) is 4.75. The van der Waals surface area contributed by atoms with Crippen LogP contribution >= 0.6 is 0 Å². The molecule has 0 bridgehead atoms. The summed E-state index contributed by atoms with van der Waals surface area (Å²) < 4.78 is 5.09. The van der Waals surface area contributed by atoms with Crippen molar-refractivity contribution < 1.29 is 19.1 Å². The van der Waals surface area contributed by atoms with Gasteiger partial charge >= 0.3 is 5.97 Å². The van der Waals surface area contributed by atoms with E-state index in [1.165, 1.54) is 11.2 Å². The Labute approximate surface area is 115 Å². The molecule has 2 aromatic rings. The van der Waals surface area contributed by atoms with Gasteiger partial charge in [-0.2, -0.15) is 0 Å². The van der Waals surface area contributed by atoms with Crippen LogP contribution in [-0.4, -0.2) is 28.4 Å². The van der Waals surface area contributed by atoms with Crippen molar-refractivity contribution in [2.75, 3.05) is 6.54 Å². The summed E-state index contributed by atoms with van der Waals surface area (Å²) in [6, 6.07) is 10.5. The third-order valence-corrected chi connectivity index (χ3v) is 3.51. The van der Waals surface area contributed by atoms with Gasteiger partial charge in [-0.25, -0.2) is 0 Å². The molecule has 5 nitrogen and oxygen atoms in total. The summed E-state index contributed by atoms with van der Waals surface area (Å²) in [7, 11) is 0. The molecule has 0 spiro atoms. The molecule has 0 fully saturated rings. The fraction of sp³-hybridized carbons (Fsp3) is 0.200. The minimum atomic E-state index is -0.922. The molecular weight excluding hydrogens is 258 g/mol. The third kappa shape index (κ3) is 2.07. The number of amides is 1. The largest absolute Gasteiger partial charge is 0.481 e. The Kier molecular flexibility index (Phi) is 3.02. The monoisotopic (exact) mass is 271 g/mol. The van der Waals surface area contributed by atoms with E-state index in [0.717, 1.165) is 11.1 Å². The molecule has 3 rings (SSSR count). The van der Waals surface area contributed by atoms with Gasteiger partial charge in [-0.15, -0.1) is 0 Å². The lowest BCUT2D eigenvalue weighted by atomic mass is 9.89. The first-order valence-corrected chi connectivity index (χ1v) is 6.30. The average Bonchev–Trinajstić information content (AvgIpc) is 2.99. The van der Waals surface area contributed by atoms with Crippen molar-refractivity contribution in [3.63, 3.8) is 0 Å². The fourth-order valence-electron chi connectivity index (χ4n) is 2.53. The molecule has 0 saturated carbocycles. The van der Waals surface area contributed by atoms with E-state index in [1.54, 1.807) is 12.1 Å². The molecule has 0 saturated heterocycles. The van der Waals surface area contributed by atoms with Crippen LogP contribution in [0, 0.1) is 0 Å². The predicted molar refractivity (Wildman–Crippen MR) is 70.3 cm³/mol. The van der Waals surface area contributed by atoms with Gasteiger partial charge in [0.15, 0.2) is 5.76 Å². The molecule has 1 amide bonds. The Morgan fingerprint density at radius 1 is 1.20 bits per heavy atom. The zero-order valence-electron chi connectivity index (χ0n) is 10.7. The highest BCUT2D eigenvalue weighted by Crippen LogP contribution is 2.29. The van der Waals surface area contributed by atoms with Crippen LogP contribution in [-0.2, 0) is 11.3 Å². The first-order valence-electron chi connectivity index (χ1n) is 6.30. The normalized spacial score (nSPS) is 17.6. The molecular formula is C15H13NO4. The van der Waals surface area contributed by atoms with Crippen molar-refractivity contribution >= 4 is 11.9 Å².